The lowest BCUT2D eigenvalue weighted by Crippen LogP contribution is -2.36. The van der Waals surface area contributed by atoms with Crippen molar-refractivity contribution < 1.29 is 4.74 Å². The lowest BCUT2D eigenvalue weighted by Gasteiger charge is -2.29. The van der Waals surface area contributed by atoms with E-state index in [1.165, 1.54) is 22.5 Å². The van der Waals surface area contributed by atoms with Crippen LogP contribution in [-0.4, -0.2) is 31.3 Å². The van der Waals surface area contributed by atoms with Crippen LogP contribution in [0.2, 0.25) is 0 Å². The third-order valence-electron chi connectivity index (χ3n) is 4.82. The molecule has 1 atom stereocenters. The molecular formula is C21H28N2O. The van der Waals surface area contributed by atoms with Gasteiger partial charge in [0.05, 0.1) is 13.2 Å². The van der Waals surface area contributed by atoms with E-state index < -0.39 is 0 Å². The summed E-state index contributed by atoms with van der Waals surface area (Å²) in [6.07, 6.45) is 3.00. The Morgan fingerprint density at radius 1 is 1.04 bits per heavy atom. The Morgan fingerprint density at radius 3 is 2.42 bits per heavy atom. The number of benzene rings is 1. The molecule has 3 heteroatoms. The van der Waals surface area contributed by atoms with Crippen LogP contribution in [-0.2, 0) is 11.2 Å². The van der Waals surface area contributed by atoms with E-state index in [4.69, 9.17) is 4.74 Å². The second-order valence-corrected chi connectivity index (χ2v) is 7.04. The van der Waals surface area contributed by atoms with Crippen molar-refractivity contribution >= 4 is 5.69 Å². The van der Waals surface area contributed by atoms with Crippen molar-refractivity contribution in [2.24, 2.45) is 0 Å². The molecule has 0 amide bonds. The van der Waals surface area contributed by atoms with Crippen molar-refractivity contribution in [2.75, 3.05) is 31.2 Å². The van der Waals surface area contributed by atoms with Crippen LogP contribution in [0.3, 0.4) is 0 Å². The fraction of sp³-hybridized carbons (Fsp3) is 0.476. The molecule has 0 radical (unpaired) electrons. The first-order chi connectivity index (χ1) is 11.6. The molecule has 128 valence electrons. The van der Waals surface area contributed by atoms with Crippen LogP contribution in [0.1, 0.15) is 49.4 Å². The Bertz CT molecular complexity index is 645. The molecule has 24 heavy (non-hydrogen) atoms. The summed E-state index contributed by atoms with van der Waals surface area (Å²) < 4.78 is 5.43. The molecule has 2 aromatic rings. The molecule has 1 saturated heterocycles. The van der Waals surface area contributed by atoms with E-state index >= 15 is 0 Å². The van der Waals surface area contributed by atoms with Gasteiger partial charge >= 0.3 is 0 Å². The summed E-state index contributed by atoms with van der Waals surface area (Å²) in [7, 11) is 0. The predicted octanol–water partition coefficient (Wildman–Crippen LogP) is 4.39. The normalized spacial score (nSPS) is 16.4. The van der Waals surface area contributed by atoms with Gasteiger partial charge in [0.1, 0.15) is 0 Å². The zero-order chi connectivity index (χ0) is 16.9. The summed E-state index contributed by atoms with van der Waals surface area (Å²) in [5.74, 6) is 0.985. The standard InChI is InChI=1S/C21H28N2O/c1-16(2)21-15-18(8-9-22-21)14-17(3)19-4-6-20(7-5-19)23-10-12-24-13-11-23/h4-9,15-17H,10-14H2,1-3H3. The fourth-order valence-corrected chi connectivity index (χ4v) is 3.24. The molecule has 0 aliphatic carbocycles. The molecular weight excluding hydrogens is 296 g/mol. The average molecular weight is 324 g/mol. The molecule has 0 bridgehead atoms. The maximum absolute atomic E-state index is 5.43. The van der Waals surface area contributed by atoms with Gasteiger partial charge in [0.15, 0.2) is 0 Å². The Balaban J connectivity index is 1.66. The number of hydrogen-bond donors (Lipinski definition) is 0. The van der Waals surface area contributed by atoms with E-state index in [-0.39, 0.29) is 0 Å². The molecule has 0 saturated carbocycles. The van der Waals surface area contributed by atoms with Crippen molar-refractivity contribution in [3.8, 4) is 0 Å². The fourth-order valence-electron chi connectivity index (χ4n) is 3.24. The quantitative estimate of drug-likeness (QED) is 0.816. The largest absolute Gasteiger partial charge is 0.378 e. The molecule has 1 aliphatic rings. The smallest absolute Gasteiger partial charge is 0.0642 e. The predicted molar refractivity (Wildman–Crippen MR) is 99.9 cm³/mol. The third kappa shape index (κ3) is 4.15. The molecule has 0 N–H and O–H groups in total. The van der Waals surface area contributed by atoms with Crippen LogP contribution < -0.4 is 4.90 Å². The van der Waals surface area contributed by atoms with Crippen molar-refractivity contribution in [1.29, 1.82) is 0 Å². The first kappa shape index (κ1) is 17.0. The molecule has 2 heterocycles. The number of hydrogen-bond acceptors (Lipinski definition) is 3. The Hall–Kier alpha value is -1.87. The van der Waals surface area contributed by atoms with E-state index in [9.17, 15) is 0 Å². The van der Waals surface area contributed by atoms with Crippen LogP contribution in [0, 0.1) is 0 Å². The maximum atomic E-state index is 5.43. The van der Waals surface area contributed by atoms with Gasteiger partial charge < -0.3 is 9.64 Å². The molecule has 1 aromatic carbocycles. The van der Waals surface area contributed by atoms with Crippen molar-refractivity contribution in [1.82, 2.24) is 4.98 Å². The van der Waals surface area contributed by atoms with Crippen molar-refractivity contribution in [2.45, 2.75) is 39.0 Å². The highest BCUT2D eigenvalue weighted by molar-refractivity contribution is 5.48. The van der Waals surface area contributed by atoms with Gasteiger partial charge in [0, 0.05) is 30.7 Å². The van der Waals surface area contributed by atoms with Gasteiger partial charge in [-0.3, -0.25) is 4.98 Å². The lowest BCUT2D eigenvalue weighted by atomic mass is 9.93. The molecule has 1 aliphatic heterocycles. The van der Waals surface area contributed by atoms with Crippen molar-refractivity contribution in [3.05, 3.63) is 59.4 Å². The van der Waals surface area contributed by atoms with E-state index in [0.717, 1.165) is 32.7 Å². The molecule has 1 unspecified atom stereocenters. The number of nitrogens with zero attached hydrogens (tertiary/aromatic N) is 2. The van der Waals surface area contributed by atoms with Gasteiger partial charge in [-0.25, -0.2) is 0 Å². The number of rotatable bonds is 5. The number of morpholine rings is 1. The van der Waals surface area contributed by atoms with E-state index in [0.29, 0.717) is 11.8 Å². The van der Waals surface area contributed by atoms with E-state index in [1.807, 2.05) is 6.20 Å². The van der Waals surface area contributed by atoms with Gasteiger partial charge in [0.25, 0.3) is 0 Å². The first-order valence-electron chi connectivity index (χ1n) is 9.01. The van der Waals surface area contributed by atoms with Gasteiger partial charge in [-0.2, -0.15) is 0 Å². The van der Waals surface area contributed by atoms with Crippen LogP contribution in [0.25, 0.3) is 0 Å². The molecule has 1 aromatic heterocycles. The van der Waals surface area contributed by atoms with Crippen LogP contribution in [0.5, 0.6) is 0 Å². The summed E-state index contributed by atoms with van der Waals surface area (Å²) in [5.41, 5.74) is 5.26. The average Bonchev–Trinajstić information content (AvgIpc) is 2.63. The van der Waals surface area contributed by atoms with Crippen LogP contribution in [0.4, 0.5) is 5.69 Å². The Morgan fingerprint density at radius 2 is 1.75 bits per heavy atom. The number of aromatic nitrogens is 1. The topological polar surface area (TPSA) is 25.4 Å². The molecule has 1 fully saturated rings. The van der Waals surface area contributed by atoms with Gasteiger partial charge in [-0.1, -0.05) is 32.9 Å². The van der Waals surface area contributed by atoms with Gasteiger partial charge in [-0.15, -0.1) is 0 Å². The highest BCUT2D eigenvalue weighted by atomic mass is 16.5. The molecule has 3 nitrogen and oxygen atoms in total. The Labute approximate surface area is 145 Å². The minimum atomic E-state index is 0.480. The van der Waals surface area contributed by atoms with Gasteiger partial charge in [-0.05, 0) is 53.6 Å². The number of pyridine rings is 1. The monoisotopic (exact) mass is 324 g/mol. The third-order valence-corrected chi connectivity index (χ3v) is 4.82. The highest BCUT2D eigenvalue weighted by Gasteiger charge is 2.13. The Kier molecular flexibility index (Phi) is 5.52. The second kappa shape index (κ2) is 7.80. The maximum Gasteiger partial charge on any atom is 0.0642 e. The van der Waals surface area contributed by atoms with Gasteiger partial charge in [0.2, 0.25) is 0 Å². The van der Waals surface area contributed by atoms with Crippen molar-refractivity contribution in [3.63, 3.8) is 0 Å². The summed E-state index contributed by atoms with van der Waals surface area (Å²) >= 11 is 0. The first-order valence-corrected chi connectivity index (χ1v) is 9.01. The summed E-state index contributed by atoms with van der Waals surface area (Å²) in [6, 6.07) is 13.5. The number of ether oxygens (including phenoxy) is 1. The minimum Gasteiger partial charge on any atom is -0.378 e. The van der Waals surface area contributed by atoms with Crippen LogP contribution in [0.15, 0.2) is 42.6 Å². The zero-order valence-electron chi connectivity index (χ0n) is 15.0. The van der Waals surface area contributed by atoms with E-state index in [2.05, 4.69) is 67.1 Å². The highest BCUT2D eigenvalue weighted by Crippen LogP contribution is 2.25. The SMILES string of the molecule is CC(C)c1cc(CC(C)c2ccc(N3CCOCC3)cc2)ccn1. The molecule has 3 rings (SSSR count). The molecule has 0 spiro atoms. The summed E-state index contributed by atoms with van der Waals surface area (Å²) in [6.45, 7) is 10.3. The summed E-state index contributed by atoms with van der Waals surface area (Å²) in [5, 5.41) is 0. The van der Waals surface area contributed by atoms with Crippen LogP contribution >= 0.6 is 0 Å². The lowest BCUT2D eigenvalue weighted by molar-refractivity contribution is 0.122. The van der Waals surface area contributed by atoms with E-state index in [1.54, 1.807) is 0 Å². The zero-order valence-corrected chi connectivity index (χ0v) is 15.0. The number of anilines is 1. The summed E-state index contributed by atoms with van der Waals surface area (Å²) in [4.78, 5) is 6.87. The second-order valence-electron chi connectivity index (χ2n) is 7.04. The minimum absolute atomic E-state index is 0.480.